The maximum absolute atomic E-state index is 12.6. The summed E-state index contributed by atoms with van der Waals surface area (Å²) in [6.45, 7) is 10.9. The highest BCUT2D eigenvalue weighted by molar-refractivity contribution is 5.80. The molecule has 2 atom stereocenters. The van der Waals surface area contributed by atoms with E-state index in [0.29, 0.717) is 12.3 Å². The zero-order valence-electron chi connectivity index (χ0n) is 17.4. The topological polar surface area (TPSA) is 54.7 Å². The Kier molecular flexibility index (Phi) is 6.45. The van der Waals surface area contributed by atoms with Crippen LogP contribution in [-0.2, 0) is 10.2 Å². The molecule has 152 valence electrons. The number of benzene rings is 1. The summed E-state index contributed by atoms with van der Waals surface area (Å²) in [5.74, 6) is 1.49. The van der Waals surface area contributed by atoms with E-state index in [9.17, 15) is 4.79 Å². The summed E-state index contributed by atoms with van der Waals surface area (Å²) >= 11 is 0. The molecule has 5 heteroatoms. The second-order valence-electron chi connectivity index (χ2n) is 8.55. The first-order valence-corrected chi connectivity index (χ1v) is 10.2. The van der Waals surface area contributed by atoms with E-state index in [1.165, 1.54) is 18.4 Å². The van der Waals surface area contributed by atoms with Gasteiger partial charge in [0, 0.05) is 6.54 Å². The van der Waals surface area contributed by atoms with Crippen LogP contribution in [0.25, 0.3) is 0 Å². The summed E-state index contributed by atoms with van der Waals surface area (Å²) in [4.78, 5) is 14.9. The third-order valence-corrected chi connectivity index (χ3v) is 5.33. The van der Waals surface area contributed by atoms with Gasteiger partial charge in [-0.1, -0.05) is 32.9 Å². The molecular formula is C23H32N2O3. The van der Waals surface area contributed by atoms with Crippen LogP contribution in [0, 0.1) is 0 Å². The Bertz CT molecular complexity index is 741. The fourth-order valence-corrected chi connectivity index (χ4v) is 3.58. The minimum atomic E-state index is -0.559. The molecule has 0 saturated carbocycles. The van der Waals surface area contributed by atoms with Gasteiger partial charge in [-0.05, 0) is 68.1 Å². The van der Waals surface area contributed by atoms with Crippen LogP contribution in [0.3, 0.4) is 0 Å². The van der Waals surface area contributed by atoms with Crippen molar-refractivity contribution in [3.05, 3.63) is 54.0 Å². The van der Waals surface area contributed by atoms with Crippen molar-refractivity contribution in [2.75, 3.05) is 19.6 Å². The van der Waals surface area contributed by atoms with Crippen molar-refractivity contribution in [2.45, 2.75) is 58.1 Å². The Hall–Kier alpha value is -2.27. The zero-order valence-corrected chi connectivity index (χ0v) is 17.4. The van der Waals surface area contributed by atoms with E-state index in [0.717, 1.165) is 18.8 Å². The second-order valence-corrected chi connectivity index (χ2v) is 8.55. The Morgan fingerprint density at radius 3 is 2.43 bits per heavy atom. The Morgan fingerprint density at radius 2 is 1.86 bits per heavy atom. The maximum atomic E-state index is 12.6. The molecule has 0 spiro atoms. The molecule has 2 aromatic rings. The number of ether oxygens (including phenoxy) is 1. The molecule has 0 radical (unpaired) electrons. The van der Waals surface area contributed by atoms with Crippen LogP contribution in [0.1, 0.15) is 57.9 Å². The third-order valence-electron chi connectivity index (χ3n) is 5.33. The second kappa shape index (κ2) is 8.82. The van der Waals surface area contributed by atoms with Crippen molar-refractivity contribution in [1.29, 1.82) is 0 Å². The van der Waals surface area contributed by atoms with Gasteiger partial charge in [0.2, 0.25) is 0 Å². The van der Waals surface area contributed by atoms with Crippen LogP contribution in [0.4, 0.5) is 0 Å². The lowest BCUT2D eigenvalue weighted by Crippen LogP contribution is -2.41. The smallest absolute Gasteiger partial charge is 0.260 e. The van der Waals surface area contributed by atoms with Gasteiger partial charge in [-0.2, -0.15) is 0 Å². The monoisotopic (exact) mass is 384 g/mol. The Morgan fingerprint density at radius 1 is 1.18 bits per heavy atom. The normalized spacial score (nSPS) is 17.3. The van der Waals surface area contributed by atoms with E-state index in [1.807, 2.05) is 24.3 Å². The number of likely N-dealkylation sites (tertiary alicyclic amines) is 1. The molecule has 0 unspecified atom stereocenters. The number of hydrogen-bond donors (Lipinski definition) is 1. The molecule has 0 bridgehead atoms. The predicted octanol–water partition coefficient (Wildman–Crippen LogP) is 4.30. The Labute approximate surface area is 168 Å². The van der Waals surface area contributed by atoms with Crippen molar-refractivity contribution >= 4 is 5.91 Å². The minimum Gasteiger partial charge on any atom is -0.481 e. The minimum absolute atomic E-state index is 0.0692. The number of amides is 1. The van der Waals surface area contributed by atoms with Gasteiger partial charge >= 0.3 is 0 Å². The molecule has 1 aromatic heterocycles. The highest BCUT2D eigenvalue weighted by Gasteiger charge is 2.27. The van der Waals surface area contributed by atoms with E-state index in [1.54, 1.807) is 13.2 Å². The molecule has 1 aliphatic heterocycles. The third kappa shape index (κ3) is 5.16. The molecule has 1 amide bonds. The largest absolute Gasteiger partial charge is 0.481 e. The molecule has 0 aliphatic carbocycles. The number of carbonyl (C=O) groups is 1. The standard InChI is InChI=1S/C23H32N2O3/c1-17(28-19-11-9-18(10-12-19)23(2,3)4)22(26)24-16-20(21-8-7-15-27-21)25-13-5-6-14-25/h7-12,15,17,20H,5-6,13-14,16H2,1-4H3,(H,24,26)/t17-,20-/m1/s1. The average molecular weight is 385 g/mol. The van der Waals surface area contributed by atoms with Crippen LogP contribution < -0.4 is 10.1 Å². The van der Waals surface area contributed by atoms with Gasteiger partial charge in [0.25, 0.3) is 5.91 Å². The van der Waals surface area contributed by atoms with E-state index in [2.05, 4.69) is 43.1 Å². The molecular weight excluding hydrogens is 352 g/mol. The molecule has 1 N–H and O–H groups in total. The van der Waals surface area contributed by atoms with Crippen LogP contribution in [0.2, 0.25) is 0 Å². The van der Waals surface area contributed by atoms with E-state index in [4.69, 9.17) is 9.15 Å². The number of hydrogen-bond acceptors (Lipinski definition) is 4. The lowest BCUT2D eigenvalue weighted by molar-refractivity contribution is -0.127. The molecule has 1 aromatic carbocycles. The molecule has 2 heterocycles. The summed E-state index contributed by atoms with van der Waals surface area (Å²) in [5.41, 5.74) is 1.33. The number of rotatable bonds is 7. The Balaban J connectivity index is 1.55. The SMILES string of the molecule is C[C@@H](Oc1ccc(C(C)(C)C)cc1)C(=O)NC[C@H](c1ccco1)N1CCCC1. The number of furan rings is 1. The van der Waals surface area contributed by atoms with E-state index < -0.39 is 6.10 Å². The molecule has 5 nitrogen and oxygen atoms in total. The van der Waals surface area contributed by atoms with Crippen molar-refractivity contribution in [2.24, 2.45) is 0 Å². The van der Waals surface area contributed by atoms with Crippen LogP contribution in [-0.4, -0.2) is 36.5 Å². The lowest BCUT2D eigenvalue weighted by Gasteiger charge is -2.26. The number of nitrogens with zero attached hydrogens (tertiary/aromatic N) is 1. The summed E-state index contributed by atoms with van der Waals surface area (Å²) in [6.07, 6.45) is 3.51. The lowest BCUT2D eigenvalue weighted by atomic mass is 9.87. The molecule has 28 heavy (non-hydrogen) atoms. The first-order chi connectivity index (χ1) is 13.3. The summed E-state index contributed by atoms with van der Waals surface area (Å²) in [5, 5.41) is 3.04. The van der Waals surface area contributed by atoms with Crippen molar-refractivity contribution < 1.29 is 13.9 Å². The van der Waals surface area contributed by atoms with Gasteiger partial charge in [-0.25, -0.2) is 0 Å². The van der Waals surface area contributed by atoms with Crippen molar-refractivity contribution in [3.63, 3.8) is 0 Å². The average Bonchev–Trinajstić information content (AvgIpc) is 3.36. The van der Waals surface area contributed by atoms with Gasteiger partial charge in [-0.15, -0.1) is 0 Å². The van der Waals surface area contributed by atoms with Gasteiger partial charge in [-0.3, -0.25) is 9.69 Å². The van der Waals surface area contributed by atoms with Crippen LogP contribution in [0.15, 0.2) is 47.1 Å². The highest BCUT2D eigenvalue weighted by atomic mass is 16.5. The van der Waals surface area contributed by atoms with Crippen molar-refractivity contribution in [3.8, 4) is 5.75 Å². The molecule has 1 aliphatic rings. The van der Waals surface area contributed by atoms with Crippen LogP contribution >= 0.6 is 0 Å². The number of nitrogens with one attached hydrogen (secondary N) is 1. The van der Waals surface area contributed by atoms with Gasteiger partial charge in [0.15, 0.2) is 6.10 Å². The summed E-state index contributed by atoms with van der Waals surface area (Å²) < 4.78 is 11.5. The fraction of sp³-hybridized carbons (Fsp3) is 0.522. The molecule has 3 rings (SSSR count). The summed E-state index contributed by atoms with van der Waals surface area (Å²) in [7, 11) is 0. The fourth-order valence-electron chi connectivity index (χ4n) is 3.58. The first-order valence-electron chi connectivity index (χ1n) is 10.2. The maximum Gasteiger partial charge on any atom is 0.260 e. The van der Waals surface area contributed by atoms with E-state index >= 15 is 0 Å². The predicted molar refractivity (Wildman–Crippen MR) is 110 cm³/mol. The highest BCUT2D eigenvalue weighted by Crippen LogP contribution is 2.26. The van der Waals surface area contributed by atoms with Gasteiger partial charge < -0.3 is 14.5 Å². The number of carbonyl (C=O) groups excluding carboxylic acids is 1. The van der Waals surface area contributed by atoms with Gasteiger partial charge in [0.05, 0.1) is 12.3 Å². The quantitative estimate of drug-likeness (QED) is 0.773. The first kappa shape index (κ1) is 20.5. The molecule has 1 fully saturated rings. The van der Waals surface area contributed by atoms with Crippen LogP contribution in [0.5, 0.6) is 5.75 Å². The van der Waals surface area contributed by atoms with E-state index in [-0.39, 0.29) is 17.4 Å². The van der Waals surface area contributed by atoms with Crippen molar-refractivity contribution in [1.82, 2.24) is 10.2 Å². The molecule has 1 saturated heterocycles. The zero-order chi connectivity index (χ0) is 20.1. The summed E-state index contributed by atoms with van der Waals surface area (Å²) in [6, 6.07) is 11.9. The van der Waals surface area contributed by atoms with Gasteiger partial charge in [0.1, 0.15) is 11.5 Å².